The normalized spacial score (nSPS) is 10.2. The van der Waals surface area contributed by atoms with Crippen molar-refractivity contribution in [3.8, 4) is 0 Å². The Morgan fingerprint density at radius 2 is 2.21 bits per heavy atom. The van der Waals surface area contributed by atoms with E-state index in [1.54, 1.807) is 30.6 Å². The van der Waals surface area contributed by atoms with E-state index in [1.807, 2.05) is 24.1 Å². The van der Waals surface area contributed by atoms with Crippen LogP contribution in [0.3, 0.4) is 0 Å². The first-order valence-electron chi connectivity index (χ1n) is 5.71. The van der Waals surface area contributed by atoms with Crippen LogP contribution in [0.4, 0.5) is 5.69 Å². The summed E-state index contributed by atoms with van der Waals surface area (Å²) in [5.41, 5.74) is 1.99. The smallest absolute Gasteiger partial charge is 0.337 e. The highest BCUT2D eigenvalue weighted by atomic mass is 79.9. The number of pyridine rings is 1. The fourth-order valence-electron chi connectivity index (χ4n) is 1.85. The molecule has 0 saturated carbocycles. The van der Waals surface area contributed by atoms with Crippen molar-refractivity contribution in [2.45, 2.75) is 6.54 Å². The van der Waals surface area contributed by atoms with Gasteiger partial charge in [-0.05, 0) is 29.8 Å². The molecule has 1 N–H and O–H groups in total. The van der Waals surface area contributed by atoms with Crippen molar-refractivity contribution in [1.82, 2.24) is 4.98 Å². The van der Waals surface area contributed by atoms with E-state index in [2.05, 4.69) is 20.9 Å². The lowest BCUT2D eigenvalue weighted by atomic mass is 10.1. The molecule has 2 aromatic rings. The van der Waals surface area contributed by atoms with Gasteiger partial charge >= 0.3 is 5.97 Å². The Labute approximate surface area is 119 Å². The lowest BCUT2D eigenvalue weighted by molar-refractivity contribution is 0.0697. The molecule has 0 aliphatic rings. The minimum atomic E-state index is -0.930. The first-order chi connectivity index (χ1) is 9.08. The molecule has 0 radical (unpaired) electrons. The van der Waals surface area contributed by atoms with E-state index in [1.165, 1.54) is 0 Å². The lowest BCUT2D eigenvalue weighted by Gasteiger charge is -2.21. The molecule has 0 aliphatic carbocycles. The van der Waals surface area contributed by atoms with Gasteiger partial charge in [0.05, 0.1) is 11.3 Å². The number of rotatable bonds is 4. The molecular formula is C14H13BrN2O2. The number of benzene rings is 1. The van der Waals surface area contributed by atoms with Crippen LogP contribution < -0.4 is 4.90 Å². The summed E-state index contributed by atoms with van der Waals surface area (Å²) < 4.78 is 0.852. The molecule has 0 amide bonds. The van der Waals surface area contributed by atoms with Crippen LogP contribution in [0.2, 0.25) is 0 Å². The monoisotopic (exact) mass is 320 g/mol. The highest BCUT2D eigenvalue weighted by Crippen LogP contribution is 2.25. The van der Waals surface area contributed by atoms with Gasteiger partial charge in [-0.15, -0.1) is 0 Å². The molecular weight excluding hydrogens is 308 g/mol. The summed E-state index contributed by atoms with van der Waals surface area (Å²) in [5, 5.41) is 9.22. The van der Waals surface area contributed by atoms with E-state index in [0.717, 1.165) is 10.0 Å². The summed E-state index contributed by atoms with van der Waals surface area (Å²) in [6.07, 6.45) is 3.49. The number of carboxylic acids is 1. The number of anilines is 1. The van der Waals surface area contributed by atoms with Crippen molar-refractivity contribution >= 4 is 27.6 Å². The van der Waals surface area contributed by atoms with Crippen LogP contribution in [0, 0.1) is 0 Å². The largest absolute Gasteiger partial charge is 0.478 e. The molecule has 0 fully saturated rings. The van der Waals surface area contributed by atoms with E-state index >= 15 is 0 Å². The summed E-state index contributed by atoms with van der Waals surface area (Å²) in [6.45, 7) is 0.602. The van der Waals surface area contributed by atoms with Crippen LogP contribution in [0.15, 0.2) is 47.2 Å². The van der Waals surface area contributed by atoms with Gasteiger partial charge in [0.25, 0.3) is 0 Å². The second-order valence-electron chi connectivity index (χ2n) is 4.18. The maximum absolute atomic E-state index is 11.2. The molecule has 0 aliphatic heterocycles. The molecule has 4 nitrogen and oxygen atoms in total. The Bertz CT molecular complexity index is 587. The third-order valence-electron chi connectivity index (χ3n) is 2.74. The maximum Gasteiger partial charge on any atom is 0.337 e. The summed E-state index contributed by atoms with van der Waals surface area (Å²) in [4.78, 5) is 17.2. The van der Waals surface area contributed by atoms with E-state index < -0.39 is 5.97 Å². The van der Waals surface area contributed by atoms with E-state index in [-0.39, 0.29) is 5.56 Å². The summed E-state index contributed by atoms with van der Waals surface area (Å²) in [5.74, 6) is -0.930. The molecule has 1 aromatic carbocycles. The summed E-state index contributed by atoms with van der Waals surface area (Å²) in [7, 11) is 1.86. The SMILES string of the molecule is CN(Cc1cccnc1)c1cc(Br)ccc1C(=O)O. The number of hydrogen-bond donors (Lipinski definition) is 1. The zero-order valence-corrected chi connectivity index (χ0v) is 12.0. The Balaban J connectivity index is 2.30. The number of aromatic carboxylic acids is 1. The molecule has 0 unspecified atom stereocenters. The summed E-state index contributed by atoms with van der Waals surface area (Å²) >= 11 is 3.37. The van der Waals surface area contributed by atoms with Crippen molar-refractivity contribution in [1.29, 1.82) is 0 Å². The Kier molecular flexibility index (Phi) is 4.16. The highest BCUT2D eigenvalue weighted by molar-refractivity contribution is 9.10. The summed E-state index contributed by atoms with van der Waals surface area (Å²) in [6, 6.07) is 8.95. The van der Waals surface area contributed by atoms with E-state index in [4.69, 9.17) is 0 Å². The molecule has 0 saturated heterocycles. The van der Waals surface area contributed by atoms with Crippen LogP contribution in [-0.2, 0) is 6.54 Å². The molecule has 5 heteroatoms. The number of hydrogen-bond acceptors (Lipinski definition) is 3. The predicted octanol–water partition coefficient (Wildman–Crippen LogP) is 3.18. The topological polar surface area (TPSA) is 53.4 Å². The Hall–Kier alpha value is -1.88. The van der Waals surface area contributed by atoms with Crippen molar-refractivity contribution in [3.05, 3.63) is 58.3 Å². The van der Waals surface area contributed by atoms with Crippen molar-refractivity contribution in [2.24, 2.45) is 0 Å². The van der Waals surface area contributed by atoms with Crippen molar-refractivity contribution < 1.29 is 9.90 Å². The average molecular weight is 321 g/mol. The van der Waals surface area contributed by atoms with Gasteiger partial charge in [0.2, 0.25) is 0 Å². The van der Waals surface area contributed by atoms with Gasteiger partial charge in [0.15, 0.2) is 0 Å². The molecule has 98 valence electrons. The molecule has 2 rings (SSSR count). The van der Waals surface area contributed by atoms with Crippen LogP contribution in [-0.4, -0.2) is 23.1 Å². The van der Waals surface area contributed by atoms with Crippen LogP contribution in [0.5, 0.6) is 0 Å². The Morgan fingerprint density at radius 3 is 2.84 bits per heavy atom. The van der Waals surface area contributed by atoms with Crippen molar-refractivity contribution in [2.75, 3.05) is 11.9 Å². The van der Waals surface area contributed by atoms with Gasteiger partial charge in [-0.2, -0.15) is 0 Å². The lowest BCUT2D eigenvalue weighted by Crippen LogP contribution is -2.19. The molecule has 0 atom stereocenters. The van der Waals surface area contributed by atoms with Gasteiger partial charge in [0.1, 0.15) is 0 Å². The number of carboxylic acid groups (broad SMARTS) is 1. The molecule has 1 heterocycles. The first kappa shape index (κ1) is 13.5. The third kappa shape index (κ3) is 3.32. The molecule has 19 heavy (non-hydrogen) atoms. The average Bonchev–Trinajstić information content (AvgIpc) is 2.39. The standard InChI is InChI=1S/C14H13BrN2O2/c1-17(9-10-3-2-6-16-8-10)13-7-11(15)4-5-12(13)14(18)19/h2-8H,9H2,1H3,(H,18,19). The van der Waals surface area contributed by atoms with Gasteiger partial charge < -0.3 is 10.0 Å². The van der Waals surface area contributed by atoms with Gasteiger partial charge in [-0.25, -0.2) is 4.79 Å². The molecule has 0 bridgehead atoms. The molecule has 0 spiro atoms. The minimum absolute atomic E-state index is 0.287. The van der Waals surface area contributed by atoms with E-state index in [0.29, 0.717) is 12.2 Å². The van der Waals surface area contributed by atoms with Crippen LogP contribution >= 0.6 is 15.9 Å². The zero-order chi connectivity index (χ0) is 13.8. The number of carbonyl (C=O) groups is 1. The maximum atomic E-state index is 11.2. The third-order valence-corrected chi connectivity index (χ3v) is 3.24. The van der Waals surface area contributed by atoms with E-state index in [9.17, 15) is 9.90 Å². The quantitative estimate of drug-likeness (QED) is 0.940. The number of halogens is 1. The fourth-order valence-corrected chi connectivity index (χ4v) is 2.20. The van der Waals surface area contributed by atoms with Gasteiger partial charge in [-0.1, -0.05) is 22.0 Å². The second-order valence-corrected chi connectivity index (χ2v) is 5.10. The zero-order valence-electron chi connectivity index (χ0n) is 10.4. The highest BCUT2D eigenvalue weighted by Gasteiger charge is 2.14. The van der Waals surface area contributed by atoms with Crippen LogP contribution in [0.25, 0.3) is 0 Å². The second kappa shape index (κ2) is 5.84. The van der Waals surface area contributed by atoms with Crippen LogP contribution in [0.1, 0.15) is 15.9 Å². The number of aromatic nitrogens is 1. The fraction of sp³-hybridized carbons (Fsp3) is 0.143. The molecule has 1 aromatic heterocycles. The predicted molar refractivity (Wildman–Crippen MR) is 77.4 cm³/mol. The number of nitrogens with zero attached hydrogens (tertiary/aromatic N) is 2. The van der Waals surface area contributed by atoms with Gasteiger partial charge in [-0.3, -0.25) is 4.98 Å². The first-order valence-corrected chi connectivity index (χ1v) is 6.50. The minimum Gasteiger partial charge on any atom is -0.478 e. The van der Waals surface area contributed by atoms with Crippen molar-refractivity contribution in [3.63, 3.8) is 0 Å². The Morgan fingerprint density at radius 1 is 1.42 bits per heavy atom. The van der Waals surface area contributed by atoms with Gasteiger partial charge in [0, 0.05) is 30.5 Å².